The molecular formula is C9H16N2O2. The highest BCUT2D eigenvalue weighted by Gasteiger charge is 2.24. The lowest BCUT2D eigenvalue weighted by Crippen LogP contribution is -2.43. The number of rotatable bonds is 3. The van der Waals surface area contributed by atoms with Crippen LogP contribution in [-0.2, 0) is 9.53 Å². The first-order valence-corrected chi connectivity index (χ1v) is 4.94. The molecule has 0 unspecified atom stereocenters. The van der Waals surface area contributed by atoms with E-state index in [0.717, 1.165) is 39.1 Å². The monoisotopic (exact) mass is 184 g/mol. The Kier molecular flexibility index (Phi) is 2.80. The van der Waals surface area contributed by atoms with Crippen LogP contribution in [0.1, 0.15) is 12.8 Å². The summed E-state index contributed by atoms with van der Waals surface area (Å²) in [6, 6.07) is 0.480. The first-order chi connectivity index (χ1) is 6.34. The highest BCUT2D eigenvalue weighted by Crippen LogP contribution is 2.18. The van der Waals surface area contributed by atoms with E-state index in [0.29, 0.717) is 12.6 Å². The number of amides is 1. The molecule has 0 aromatic rings. The minimum Gasteiger partial charge on any atom is -0.379 e. The largest absolute Gasteiger partial charge is 0.379 e. The van der Waals surface area contributed by atoms with Gasteiger partial charge in [-0.05, 0) is 12.8 Å². The molecule has 4 heteroatoms. The van der Waals surface area contributed by atoms with Gasteiger partial charge in [0, 0.05) is 19.1 Å². The number of carbonyl (C=O) groups is 1. The lowest BCUT2D eigenvalue weighted by molar-refractivity contribution is -0.123. The summed E-state index contributed by atoms with van der Waals surface area (Å²) in [7, 11) is 0. The molecule has 2 fully saturated rings. The molecule has 2 aliphatic rings. The molecule has 1 heterocycles. The van der Waals surface area contributed by atoms with Gasteiger partial charge in [0.25, 0.3) is 0 Å². The average molecular weight is 184 g/mol. The second-order valence-electron chi connectivity index (χ2n) is 3.73. The molecule has 1 aliphatic heterocycles. The van der Waals surface area contributed by atoms with Gasteiger partial charge in [-0.15, -0.1) is 0 Å². The predicted molar refractivity (Wildman–Crippen MR) is 48.4 cm³/mol. The molecular weight excluding hydrogens is 168 g/mol. The minimum atomic E-state index is 0.171. The van der Waals surface area contributed by atoms with Crippen LogP contribution in [0.25, 0.3) is 0 Å². The highest BCUT2D eigenvalue weighted by molar-refractivity contribution is 5.78. The lowest BCUT2D eigenvalue weighted by Gasteiger charge is -2.25. The molecule has 0 spiro atoms. The van der Waals surface area contributed by atoms with Crippen LogP contribution in [0.5, 0.6) is 0 Å². The molecule has 0 bridgehead atoms. The maximum absolute atomic E-state index is 11.4. The van der Waals surface area contributed by atoms with E-state index < -0.39 is 0 Å². The fourth-order valence-electron chi connectivity index (χ4n) is 1.46. The first-order valence-electron chi connectivity index (χ1n) is 4.94. The van der Waals surface area contributed by atoms with Crippen molar-refractivity contribution in [3.8, 4) is 0 Å². The molecule has 0 atom stereocenters. The molecule has 0 aromatic carbocycles. The van der Waals surface area contributed by atoms with E-state index in [2.05, 4.69) is 10.2 Å². The Morgan fingerprint density at radius 1 is 1.38 bits per heavy atom. The fraction of sp³-hybridized carbons (Fsp3) is 0.889. The third-order valence-corrected chi connectivity index (χ3v) is 2.41. The second-order valence-corrected chi connectivity index (χ2v) is 3.73. The molecule has 1 saturated carbocycles. The van der Waals surface area contributed by atoms with E-state index in [1.807, 2.05) is 0 Å². The molecule has 1 N–H and O–H groups in total. The molecule has 1 aliphatic carbocycles. The molecule has 74 valence electrons. The van der Waals surface area contributed by atoms with E-state index in [9.17, 15) is 4.79 Å². The Hall–Kier alpha value is -0.610. The van der Waals surface area contributed by atoms with Crippen LogP contribution < -0.4 is 5.32 Å². The standard InChI is InChI=1S/C9H16N2O2/c12-9(10-8-1-2-8)7-11-3-5-13-6-4-11/h8H,1-7H2,(H,10,12). The summed E-state index contributed by atoms with van der Waals surface area (Å²) >= 11 is 0. The van der Waals surface area contributed by atoms with Crippen LogP contribution in [0, 0.1) is 0 Å². The summed E-state index contributed by atoms with van der Waals surface area (Å²) in [5.41, 5.74) is 0. The smallest absolute Gasteiger partial charge is 0.234 e. The maximum Gasteiger partial charge on any atom is 0.234 e. The van der Waals surface area contributed by atoms with Crippen molar-refractivity contribution < 1.29 is 9.53 Å². The van der Waals surface area contributed by atoms with Gasteiger partial charge in [-0.1, -0.05) is 0 Å². The van der Waals surface area contributed by atoms with Crippen molar-refractivity contribution >= 4 is 5.91 Å². The van der Waals surface area contributed by atoms with E-state index >= 15 is 0 Å². The average Bonchev–Trinajstić information content (AvgIpc) is 2.90. The van der Waals surface area contributed by atoms with Crippen molar-refractivity contribution in [3.63, 3.8) is 0 Å². The Labute approximate surface area is 78.2 Å². The number of ether oxygens (including phenoxy) is 1. The Balaban J connectivity index is 1.66. The van der Waals surface area contributed by atoms with Crippen LogP contribution in [0.15, 0.2) is 0 Å². The lowest BCUT2D eigenvalue weighted by atomic mass is 10.4. The summed E-state index contributed by atoms with van der Waals surface area (Å²) in [4.78, 5) is 13.5. The number of hydrogen-bond acceptors (Lipinski definition) is 3. The minimum absolute atomic E-state index is 0.171. The van der Waals surface area contributed by atoms with Crippen LogP contribution in [0.2, 0.25) is 0 Å². The quantitative estimate of drug-likeness (QED) is 0.648. The highest BCUT2D eigenvalue weighted by atomic mass is 16.5. The van der Waals surface area contributed by atoms with E-state index in [4.69, 9.17) is 4.74 Å². The molecule has 4 nitrogen and oxygen atoms in total. The maximum atomic E-state index is 11.4. The molecule has 1 saturated heterocycles. The van der Waals surface area contributed by atoms with Crippen molar-refractivity contribution in [2.75, 3.05) is 32.8 Å². The second kappa shape index (κ2) is 4.07. The summed E-state index contributed by atoms with van der Waals surface area (Å²) in [6.07, 6.45) is 2.32. The van der Waals surface area contributed by atoms with Gasteiger partial charge < -0.3 is 10.1 Å². The van der Waals surface area contributed by atoms with Gasteiger partial charge in [-0.25, -0.2) is 0 Å². The number of nitrogens with one attached hydrogen (secondary N) is 1. The first kappa shape index (κ1) is 8.97. The van der Waals surface area contributed by atoms with Crippen molar-refractivity contribution in [1.82, 2.24) is 10.2 Å². The molecule has 0 aromatic heterocycles. The van der Waals surface area contributed by atoms with E-state index in [1.54, 1.807) is 0 Å². The zero-order valence-electron chi connectivity index (χ0n) is 7.79. The molecule has 2 rings (SSSR count). The molecule has 0 radical (unpaired) electrons. The Morgan fingerprint density at radius 3 is 2.69 bits per heavy atom. The van der Waals surface area contributed by atoms with Gasteiger partial charge in [-0.2, -0.15) is 0 Å². The summed E-state index contributed by atoms with van der Waals surface area (Å²) < 4.78 is 5.20. The van der Waals surface area contributed by atoms with E-state index in [1.165, 1.54) is 0 Å². The SMILES string of the molecule is O=C(CN1CCOCC1)NC1CC1. The van der Waals surface area contributed by atoms with E-state index in [-0.39, 0.29) is 5.91 Å². The van der Waals surface area contributed by atoms with Gasteiger partial charge in [0.15, 0.2) is 0 Å². The number of morpholine rings is 1. The third-order valence-electron chi connectivity index (χ3n) is 2.41. The van der Waals surface area contributed by atoms with Gasteiger partial charge in [-0.3, -0.25) is 9.69 Å². The molecule has 1 amide bonds. The van der Waals surface area contributed by atoms with Gasteiger partial charge in [0.2, 0.25) is 5.91 Å². The van der Waals surface area contributed by atoms with Crippen LogP contribution in [0.3, 0.4) is 0 Å². The number of nitrogens with zero attached hydrogens (tertiary/aromatic N) is 1. The topological polar surface area (TPSA) is 41.6 Å². The third kappa shape index (κ3) is 2.97. The predicted octanol–water partition coefficient (Wildman–Crippen LogP) is -0.403. The van der Waals surface area contributed by atoms with Crippen LogP contribution in [-0.4, -0.2) is 49.7 Å². The zero-order chi connectivity index (χ0) is 9.10. The summed E-state index contributed by atoms with van der Waals surface area (Å²) in [6.45, 7) is 3.84. The van der Waals surface area contributed by atoms with Crippen LogP contribution in [0.4, 0.5) is 0 Å². The van der Waals surface area contributed by atoms with Gasteiger partial charge in [0.1, 0.15) is 0 Å². The Morgan fingerprint density at radius 2 is 2.08 bits per heavy atom. The van der Waals surface area contributed by atoms with Gasteiger partial charge in [0.05, 0.1) is 19.8 Å². The summed E-state index contributed by atoms with van der Waals surface area (Å²) in [5.74, 6) is 0.171. The Bertz CT molecular complexity index is 186. The number of hydrogen-bond donors (Lipinski definition) is 1. The fourth-order valence-corrected chi connectivity index (χ4v) is 1.46. The van der Waals surface area contributed by atoms with Crippen LogP contribution >= 0.6 is 0 Å². The van der Waals surface area contributed by atoms with Crippen molar-refractivity contribution in [2.45, 2.75) is 18.9 Å². The summed E-state index contributed by atoms with van der Waals surface area (Å²) in [5, 5.41) is 2.98. The van der Waals surface area contributed by atoms with Crippen molar-refractivity contribution in [1.29, 1.82) is 0 Å². The van der Waals surface area contributed by atoms with Crippen molar-refractivity contribution in [2.24, 2.45) is 0 Å². The van der Waals surface area contributed by atoms with Gasteiger partial charge >= 0.3 is 0 Å². The molecule has 13 heavy (non-hydrogen) atoms. The van der Waals surface area contributed by atoms with Crippen molar-refractivity contribution in [3.05, 3.63) is 0 Å². The number of carbonyl (C=O) groups excluding carboxylic acids is 1. The normalized spacial score (nSPS) is 24.3. The zero-order valence-corrected chi connectivity index (χ0v) is 7.79.